The number of phenols is 1. The van der Waals surface area contributed by atoms with Crippen LogP contribution in [0.2, 0.25) is 0 Å². The Hall–Kier alpha value is -3.80. The van der Waals surface area contributed by atoms with E-state index in [1.54, 1.807) is 13.2 Å². The number of aromatic hydroxyl groups is 1. The van der Waals surface area contributed by atoms with E-state index in [0.29, 0.717) is 5.56 Å². The molecule has 1 aliphatic heterocycles. The van der Waals surface area contributed by atoms with Crippen LogP contribution < -0.4 is 4.74 Å². The van der Waals surface area contributed by atoms with Crippen LogP contribution in [0.1, 0.15) is 61.7 Å². The Balaban J connectivity index is 1.31. The van der Waals surface area contributed by atoms with Crippen LogP contribution >= 0.6 is 0 Å². The number of aromatic amines is 1. The number of para-hydroxylation sites is 1. The minimum absolute atomic E-state index is 0.0347. The molecule has 4 aromatic rings. The quantitative estimate of drug-likeness (QED) is 0.288. The minimum atomic E-state index is -0.0620. The molecule has 1 saturated carbocycles. The van der Waals surface area contributed by atoms with Crippen LogP contribution in [0.3, 0.4) is 0 Å². The molecule has 0 spiro atoms. The van der Waals surface area contributed by atoms with Crippen LogP contribution in [-0.2, 0) is 0 Å². The lowest BCUT2D eigenvalue weighted by atomic mass is 9.84. The Labute approximate surface area is 223 Å². The maximum absolute atomic E-state index is 13.7. The number of ether oxygens (including phenoxy) is 1. The van der Waals surface area contributed by atoms with E-state index in [-0.39, 0.29) is 17.7 Å². The van der Waals surface area contributed by atoms with E-state index >= 15 is 0 Å². The molecule has 6 nitrogen and oxygen atoms in total. The van der Waals surface area contributed by atoms with Gasteiger partial charge in [0.15, 0.2) is 0 Å². The van der Waals surface area contributed by atoms with Gasteiger partial charge in [0.05, 0.1) is 12.7 Å². The molecule has 2 aromatic carbocycles. The number of pyridine rings is 1. The third kappa shape index (κ3) is 4.64. The number of carbonyl (C=O) groups is 1. The lowest BCUT2D eigenvalue weighted by molar-refractivity contribution is 0.0708. The fraction of sp³-hybridized carbons (Fsp3) is 0.375. The average Bonchev–Trinajstić information content (AvgIpc) is 3.60. The van der Waals surface area contributed by atoms with E-state index in [1.165, 1.54) is 32.1 Å². The molecule has 1 saturated heterocycles. The van der Waals surface area contributed by atoms with Gasteiger partial charge in [-0.1, -0.05) is 56.4 Å². The Morgan fingerprint density at radius 1 is 1.03 bits per heavy atom. The molecule has 0 radical (unpaired) electrons. The maximum Gasteiger partial charge on any atom is 0.257 e. The lowest BCUT2D eigenvalue weighted by Gasteiger charge is -2.30. The zero-order valence-electron chi connectivity index (χ0n) is 22.0. The summed E-state index contributed by atoms with van der Waals surface area (Å²) in [5.41, 5.74) is 4.90. The summed E-state index contributed by atoms with van der Waals surface area (Å²) in [7, 11) is 1.67. The highest BCUT2D eigenvalue weighted by atomic mass is 16.5. The van der Waals surface area contributed by atoms with E-state index in [0.717, 1.165) is 70.8 Å². The van der Waals surface area contributed by atoms with Crippen LogP contribution in [0.25, 0.3) is 33.3 Å². The Morgan fingerprint density at radius 3 is 2.71 bits per heavy atom. The van der Waals surface area contributed by atoms with Gasteiger partial charge in [-0.2, -0.15) is 0 Å². The highest BCUT2D eigenvalue weighted by molar-refractivity contribution is 6.00. The molecule has 2 fully saturated rings. The summed E-state index contributed by atoms with van der Waals surface area (Å²) in [5.74, 6) is 1.49. The van der Waals surface area contributed by atoms with Crippen molar-refractivity contribution in [3.05, 3.63) is 66.5 Å². The number of phenolic OH excluding ortho intramolecular Hbond substituents is 1. The summed E-state index contributed by atoms with van der Waals surface area (Å²) in [6.45, 7) is 0.763. The summed E-state index contributed by atoms with van der Waals surface area (Å²) in [6.07, 6.45) is 13.5. The van der Waals surface area contributed by atoms with Crippen LogP contribution in [0.15, 0.2) is 60.9 Å². The number of nitrogens with one attached hydrogen (secondary N) is 1. The average molecular weight is 510 g/mol. The molecule has 6 rings (SSSR count). The van der Waals surface area contributed by atoms with E-state index in [2.05, 4.69) is 16.0 Å². The van der Waals surface area contributed by atoms with Gasteiger partial charge in [0.25, 0.3) is 5.91 Å². The minimum Gasteiger partial charge on any atom is -0.507 e. The number of hydrogen-bond donors (Lipinski definition) is 2. The molecule has 3 heterocycles. The topological polar surface area (TPSA) is 78.5 Å². The zero-order valence-corrected chi connectivity index (χ0v) is 22.0. The Bertz CT molecular complexity index is 1450. The van der Waals surface area contributed by atoms with E-state index in [1.807, 2.05) is 53.7 Å². The van der Waals surface area contributed by atoms with Crippen LogP contribution in [0.4, 0.5) is 0 Å². The van der Waals surface area contributed by atoms with Crippen molar-refractivity contribution in [2.75, 3.05) is 13.7 Å². The molecule has 6 heteroatoms. The molecule has 38 heavy (non-hydrogen) atoms. The van der Waals surface area contributed by atoms with Crippen molar-refractivity contribution in [3.63, 3.8) is 0 Å². The number of benzene rings is 2. The zero-order chi connectivity index (χ0) is 26.1. The molecule has 2 aromatic heterocycles. The van der Waals surface area contributed by atoms with Crippen LogP contribution in [0.5, 0.6) is 11.5 Å². The molecule has 196 valence electrons. The van der Waals surface area contributed by atoms with Gasteiger partial charge in [0.2, 0.25) is 0 Å². The van der Waals surface area contributed by atoms with Crippen molar-refractivity contribution in [3.8, 4) is 33.8 Å². The Morgan fingerprint density at radius 2 is 1.87 bits per heavy atom. The normalized spacial score (nSPS) is 18.2. The molecular formula is C32H35N3O3. The summed E-state index contributed by atoms with van der Waals surface area (Å²) in [5, 5.41) is 11.7. The lowest BCUT2D eigenvalue weighted by Crippen LogP contribution is -2.37. The molecule has 1 atom stereocenters. The van der Waals surface area contributed by atoms with E-state index in [9.17, 15) is 9.90 Å². The third-order valence-corrected chi connectivity index (χ3v) is 8.46. The van der Waals surface area contributed by atoms with Crippen LogP contribution in [0, 0.1) is 5.92 Å². The fourth-order valence-corrected chi connectivity index (χ4v) is 6.45. The van der Waals surface area contributed by atoms with Gasteiger partial charge >= 0.3 is 0 Å². The van der Waals surface area contributed by atoms with E-state index < -0.39 is 0 Å². The summed E-state index contributed by atoms with van der Waals surface area (Å²) >= 11 is 0. The number of nitrogens with zero attached hydrogens (tertiary/aromatic N) is 2. The van der Waals surface area contributed by atoms with Crippen molar-refractivity contribution in [1.82, 2.24) is 14.9 Å². The van der Waals surface area contributed by atoms with Crippen molar-refractivity contribution < 1.29 is 14.6 Å². The predicted molar refractivity (Wildman–Crippen MR) is 150 cm³/mol. The fourth-order valence-electron chi connectivity index (χ4n) is 6.45. The van der Waals surface area contributed by atoms with Crippen LogP contribution in [-0.4, -0.2) is 45.6 Å². The van der Waals surface area contributed by atoms with Gasteiger partial charge in [-0.3, -0.25) is 4.79 Å². The second-order valence-corrected chi connectivity index (χ2v) is 10.8. The molecule has 2 N–H and O–H groups in total. The molecule has 1 aliphatic carbocycles. The monoisotopic (exact) mass is 509 g/mol. The molecule has 1 amide bonds. The van der Waals surface area contributed by atoms with Crippen molar-refractivity contribution in [1.29, 1.82) is 0 Å². The van der Waals surface area contributed by atoms with Gasteiger partial charge in [-0.25, -0.2) is 4.98 Å². The molecule has 0 bridgehead atoms. The number of fused-ring (bicyclic) bond motifs is 1. The van der Waals surface area contributed by atoms with Gasteiger partial charge < -0.3 is 19.7 Å². The first kappa shape index (κ1) is 24.5. The first-order chi connectivity index (χ1) is 18.6. The standard InChI is InChI=1S/C32H35N3O3/c1-38-30-12-6-5-11-25(30)28-20-34-31-26(28)18-23(19-33-31)22-13-14-29(36)27(17-22)32(37)35-15-7-10-24(35)16-21-8-3-2-4-9-21/h5-6,11-14,17-21,24,36H,2-4,7-10,15-16H2,1H3,(H,33,34). The van der Waals surface area contributed by atoms with E-state index in [4.69, 9.17) is 4.74 Å². The number of amides is 1. The first-order valence-corrected chi connectivity index (χ1v) is 13.9. The highest BCUT2D eigenvalue weighted by Gasteiger charge is 2.32. The maximum atomic E-state index is 13.7. The molecule has 2 aliphatic rings. The number of rotatable bonds is 6. The third-order valence-electron chi connectivity index (χ3n) is 8.46. The predicted octanol–water partition coefficient (Wildman–Crippen LogP) is 7.19. The largest absolute Gasteiger partial charge is 0.507 e. The highest BCUT2D eigenvalue weighted by Crippen LogP contribution is 2.37. The number of methoxy groups -OCH3 is 1. The number of carbonyl (C=O) groups excluding carboxylic acids is 1. The first-order valence-electron chi connectivity index (χ1n) is 13.9. The number of likely N-dealkylation sites (tertiary alicyclic amines) is 1. The van der Waals surface area contributed by atoms with Crippen molar-refractivity contribution in [2.24, 2.45) is 5.92 Å². The van der Waals surface area contributed by atoms with Gasteiger partial charge in [-0.05, 0) is 55.0 Å². The number of hydrogen-bond acceptors (Lipinski definition) is 4. The van der Waals surface area contributed by atoms with Crippen molar-refractivity contribution >= 4 is 16.9 Å². The second kappa shape index (κ2) is 10.5. The SMILES string of the molecule is COc1ccccc1-c1c[nH]c2ncc(-c3ccc(O)c(C(=O)N4CCCC4CC4CCCCC4)c3)cc12. The summed E-state index contributed by atoms with van der Waals surface area (Å²) in [4.78, 5) is 23.6. The number of aromatic nitrogens is 2. The number of H-pyrrole nitrogens is 1. The van der Waals surface area contributed by atoms with Crippen molar-refractivity contribution in [2.45, 2.75) is 57.4 Å². The Kier molecular flexibility index (Phi) is 6.79. The molecule has 1 unspecified atom stereocenters. The molecular weight excluding hydrogens is 474 g/mol. The van der Waals surface area contributed by atoms with Gasteiger partial charge in [-0.15, -0.1) is 0 Å². The smallest absolute Gasteiger partial charge is 0.257 e. The van der Waals surface area contributed by atoms with Gasteiger partial charge in [0.1, 0.15) is 17.1 Å². The summed E-state index contributed by atoms with van der Waals surface area (Å²) < 4.78 is 5.59. The van der Waals surface area contributed by atoms with Gasteiger partial charge in [0, 0.05) is 47.1 Å². The summed E-state index contributed by atoms with van der Waals surface area (Å²) in [6, 6.07) is 15.6. The second-order valence-electron chi connectivity index (χ2n) is 10.8.